The van der Waals surface area contributed by atoms with Gasteiger partial charge in [-0.15, -0.1) is 0 Å². The SMILES string of the molecule is CC(C)(C)C1CCC(Br)C(Cc2ccc(Cl)c(Cl)c2)C1. The Kier molecular flexibility index (Phi) is 5.48. The zero-order chi connectivity index (χ0) is 14.9. The molecule has 0 N–H and O–H groups in total. The van der Waals surface area contributed by atoms with Crippen molar-refractivity contribution in [3.05, 3.63) is 33.8 Å². The summed E-state index contributed by atoms with van der Waals surface area (Å²) >= 11 is 16.0. The van der Waals surface area contributed by atoms with Gasteiger partial charge in [0.25, 0.3) is 0 Å². The van der Waals surface area contributed by atoms with E-state index in [-0.39, 0.29) is 0 Å². The van der Waals surface area contributed by atoms with Crippen LogP contribution in [-0.4, -0.2) is 4.83 Å². The number of halogens is 3. The Morgan fingerprint density at radius 3 is 2.45 bits per heavy atom. The second kappa shape index (κ2) is 6.58. The Morgan fingerprint density at radius 1 is 1.15 bits per heavy atom. The van der Waals surface area contributed by atoms with E-state index in [4.69, 9.17) is 23.2 Å². The van der Waals surface area contributed by atoms with Crippen LogP contribution in [0.2, 0.25) is 10.0 Å². The van der Waals surface area contributed by atoms with Crippen LogP contribution in [0.4, 0.5) is 0 Å². The third-order valence-electron chi connectivity index (χ3n) is 4.60. The molecule has 0 amide bonds. The predicted octanol–water partition coefficient (Wildman–Crippen LogP) is 6.76. The van der Waals surface area contributed by atoms with Crippen LogP contribution in [0.3, 0.4) is 0 Å². The quantitative estimate of drug-likeness (QED) is 0.499. The van der Waals surface area contributed by atoms with Crippen LogP contribution in [-0.2, 0) is 6.42 Å². The summed E-state index contributed by atoms with van der Waals surface area (Å²) in [5.41, 5.74) is 1.70. The van der Waals surface area contributed by atoms with Gasteiger partial charge in [0.1, 0.15) is 0 Å². The molecule has 0 nitrogen and oxygen atoms in total. The van der Waals surface area contributed by atoms with E-state index in [1.54, 1.807) is 0 Å². The normalized spacial score (nSPS) is 27.6. The molecule has 0 radical (unpaired) electrons. The molecule has 1 fully saturated rings. The third kappa shape index (κ3) is 4.15. The monoisotopic (exact) mass is 376 g/mol. The van der Waals surface area contributed by atoms with E-state index >= 15 is 0 Å². The largest absolute Gasteiger partial charge is 0.0888 e. The zero-order valence-corrected chi connectivity index (χ0v) is 15.5. The van der Waals surface area contributed by atoms with E-state index in [9.17, 15) is 0 Å². The first-order chi connectivity index (χ1) is 9.27. The molecule has 112 valence electrons. The number of hydrogen-bond donors (Lipinski definition) is 0. The molecular formula is C17H23BrCl2. The highest BCUT2D eigenvalue weighted by atomic mass is 79.9. The highest BCUT2D eigenvalue weighted by Crippen LogP contribution is 2.43. The Balaban J connectivity index is 2.08. The number of alkyl halides is 1. The van der Waals surface area contributed by atoms with E-state index in [1.807, 2.05) is 12.1 Å². The Bertz CT molecular complexity index is 465. The summed E-state index contributed by atoms with van der Waals surface area (Å²) < 4.78 is 0. The van der Waals surface area contributed by atoms with E-state index in [0.717, 1.165) is 12.3 Å². The lowest BCUT2D eigenvalue weighted by Gasteiger charge is -2.40. The van der Waals surface area contributed by atoms with Crippen LogP contribution in [0.15, 0.2) is 18.2 Å². The number of hydrogen-bond acceptors (Lipinski definition) is 0. The number of rotatable bonds is 2. The van der Waals surface area contributed by atoms with Crippen molar-refractivity contribution in [1.82, 2.24) is 0 Å². The summed E-state index contributed by atoms with van der Waals surface area (Å²) in [6.07, 6.45) is 4.98. The van der Waals surface area contributed by atoms with Gasteiger partial charge in [-0.05, 0) is 60.6 Å². The van der Waals surface area contributed by atoms with Gasteiger partial charge in [0.2, 0.25) is 0 Å². The fourth-order valence-corrected chi connectivity index (χ4v) is 4.18. The van der Waals surface area contributed by atoms with Crippen molar-refractivity contribution in [2.24, 2.45) is 17.3 Å². The molecule has 0 spiro atoms. The molecule has 0 aliphatic heterocycles. The highest BCUT2D eigenvalue weighted by molar-refractivity contribution is 9.09. The smallest absolute Gasteiger partial charge is 0.0595 e. The maximum atomic E-state index is 6.13. The van der Waals surface area contributed by atoms with E-state index < -0.39 is 0 Å². The first-order valence-electron chi connectivity index (χ1n) is 7.35. The van der Waals surface area contributed by atoms with Crippen molar-refractivity contribution in [2.45, 2.75) is 51.3 Å². The minimum atomic E-state index is 0.406. The third-order valence-corrected chi connectivity index (χ3v) is 6.54. The molecule has 1 aliphatic rings. The summed E-state index contributed by atoms with van der Waals surface area (Å²) in [6, 6.07) is 6.03. The maximum absolute atomic E-state index is 6.13. The van der Waals surface area contributed by atoms with Crippen LogP contribution in [0, 0.1) is 17.3 Å². The molecule has 0 aromatic heterocycles. The van der Waals surface area contributed by atoms with Crippen molar-refractivity contribution in [1.29, 1.82) is 0 Å². The van der Waals surface area contributed by atoms with Gasteiger partial charge in [0.05, 0.1) is 10.0 Å². The Hall–Kier alpha value is 0.280. The minimum Gasteiger partial charge on any atom is -0.0888 e. The average Bonchev–Trinajstić information content (AvgIpc) is 2.35. The van der Waals surface area contributed by atoms with Gasteiger partial charge in [0, 0.05) is 4.83 Å². The van der Waals surface area contributed by atoms with Gasteiger partial charge in [-0.2, -0.15) is 0 Å². The van der Waals surface area contributed by atoms with Crippen molar-refractivity contribution < 1.29 is 0 Å². The molecule has 0 bridgehead atoms. The minimum absolute atomic E-state index is 0.406. The van der Waals surface area contributed by atoms with E-state index in [1.165, 1.54) is 24.8 Å². The molecule has 20 heavy (non-hydrogen) atoms. The van der Waals surface area contributed by atoms with Crippen LogP contribution >= 0.6 is 39.1 Å². The molecule has 3 heteroatoms. The lowest BCUT2D eigenvalue weighted by Crippen LogP contribution is -2.33. The number of benzene rings is 1. The highest BCUT2D eigenvalue weighted by Gasteiger charge is 2.34. The van der Waals surface area contributed by atoms with E-state index in [2.05, 4.69) is 42.8 Å². The molecule has 3 atom stereocenters. The lowest BCUT2D eigenvalue weighted by molar-refractivity contribution is 0.146. The fraction of sp³-hybridized carbons (Fsp3) is 0.647. The summed E-state index contributed by atoms with van der Waals surface area (Å²) in [6.45, 7) is 7.09. The molecule has 2 rings (SSSR count). The average molecular weight is 378 g/mol. The van der Waals surface area contributed by atoms with Crippen molar-refractivity contribution in [3.8, 4) is 0 Å². The first kappa shape index (κ1) is 16.6. The van der Waals surface area contributed by atoms with Crippen LogP contribution in [0.1, 0.15) is 45.6 Å². The summed E-state index contributed by atoms with van der Waals surface area (Å²) in [7, 11) is 0. The standard InChI is InChI=1S/C17H23BrCl2/c1-17(2,3)13-5-6-14(18)12(10-13)8-11-4-7-15(19)16(20)9-11/h4,7,9,12-14H,5-6,8,10H2,1-3H3. The topological polar surface area (TPSA) is 0 Å². The first-order valence-corrected chi connectivity index (χ1v) is 9.02. The van der Waals surface area contributed by atoms with Crippen molar-refractivity contribution in [2.75, 3.05) is 0 Å². The van der Waals surface area contributed by atoms with Gasteiger partial charge >= 0.3 is 0 Å². The van der Waals surface area contributed by atoms with Gasteiger partial charge in [-0.1, -0.05) is 66.0 Å². The molecule has 0 saturated heterocycles. The fourth-order valence-electron chi connectivity index (χ4n) is 3.19. The molecule has 1 aromatic rings. The molecular weight excluding hydrogens is 355 g/mol. The zero-order valence-electron chi connectivity index (χ0n) is 12.4. The van der Waals surface area contributed by atoms with E-state index in [0.29, 0.717) is 26.2 Å². The molecule has 1 saturated carbocycles. The summed E-state index contributed by atoms with van der Waals surface area (Å²) in [4.78, 5) is 0.621. The van der Waals surface area contributed by atoms with Crippen LogP contribution < -0.4 is 0 Å². The Labute approximate surface area is 141 Å². The summed E-state index contributed by atoms with van der Waals surface area (Å²) in [5, 5.41) is 1.31. The predicted molar refractivity (Wildman–Crippen MR) is 93.2 cm³/mol. The van der Waals surface area contributed by atoms with Gasteiger partial charge in [0.15, 0.2) is 0 Å². The maximum Gasteiger partial charge on any atom is 0.0595 e. The van der Waals surface area contributed by atoms with Gasteiger partial charge in [-0.3, -0.25) is 0 Å². The lowest BCUT2D eigenvalue weighted by atomic mass is 9.68. The van der Waals surface area contributed by atoms with Gasteiger partial charge in [-0.25, -0.2) is 0 Å². The molecule has 1 aliphatic carbocycles. The molecule has 1 aromatic carbocycles. The van der Waals surface area contributed by atoms with Crippen LogP contribution in [0.25, 0.3) is 0 Å². The summed E-state index contributed by atoms with van der Waals surface area (Å²) in [5.74, 6) is 1.49. The van der Waals surface area contributed by atoms with Crippen molar-refractivity contribution in [3.63, 3.8) is 0 Å². The second-order valence-electron chi connectivity index (χ2n) is 7.10. The Morgan fingerprint density at radius 2 is 1.85 bits per heavy atom. The molecule has 0 heterocycles. The van der Waals surface area contributed by atoms with Crippen molar-refractivity contribution >= 4 is 39.1 Å². The molecule has 3 unspecified atom stereocenters. The van der Waals surface area contributed by atoms with Crippen LogP contribution in [0.5, 0.6) is 0 Å². The second-order valence-corrected chi connectivity index (χ2v) is 9.10. The van der Waals surface area contributed by atoms with Gasteiger partial charge < -0.3 is 0 Å².